The van der Waals surface area contributed by atoms with Crippen molar-refractivity contribution in [2.75, 3.05) is 6.61 Å². The molecule has 98 valence electrons. The van der Waals surface area contributed by atoms with E-state index in [2.05, 4.69) is 54.5 Å². The lowest BCUT2D eigenvalue weighted by Crippen LogP contribution is -2.11. The zero-order valence-corrected chi connectivity index (χ0v) is 15.0. The highest BCUT2D eigenvalue weighted by molar-refractivity contribution is 14.1. The van der Waals surface area contributed by atoms with E-state index < -0.39 is 0 Å². The lowest BCUT2D eigenvalue weighted by molar-refractivity contribution is 0.0921. The number of carbonyl (C=O) groups is 1. The summed E-state index contributed by atoms with van der Waals surface area (Å²) in [6.45, 7) is 0.0286. The van der Waals surface area contributed by atoms with Gasteiger partial charge in [-0.05, 0) is 68.9 Å². The minimum absolute atomic E-state index is 0.0286. The highest BCUT2D eigenvalue weighted by atomic mass is 127. The van der Waals surface area contributed by atoms with Crippen molar-refractivity contribution >= 4 is 60.2 Å². The molecule has 0 aromatic heterocycles. The Morgan fingerprint density at radius 3 is 2.42 bits per heavy atom. The van der Waals surface area contributed by atoms with Crippen LogP contribution in [0.5, 0.6) is 5.75 Å². The summed E-state index contributed by atoms with van der Waals surface area (Å²) in [5.41, 5.74) is 0.661. The molecule has 0 aliphatic heterocycles. The van der Waals surface area contributed by atoms with E-state index in [1.165, 1.54) is 0 Å². The average Bonchev–Trinajstić information content (AvgIpc) is 2.38. The first-order chi connectivity index (χ1) is 9.06. The maximum atomic E-state index is 12.0. The SMILES string of the molecule is O=C(COc1ccc(Br)cc1Br)c1ccc(I)cc1. The molecule has 2 aromatic carbocycles. The molecule has 5 heteroatoms. The van der Waals surface area contributed by atoms with Crippen molar-refractivity contribution in [2.24, 2.45) is 0 Å². The second-order valence-electron chi connectivity index (χ2n) is 3.79. The fourth-order valence-electron chi connectivity index (χ4n) is 1.45. The van der Waals surface area contributed by atoms with Crippen LogP contribution in [0, 0.1) is 3.57 Å². The Hall–Kier alpha value is -0.400. The number of Topliss-reactive ketones (excluding diaryl/α,β-unsaturated/α-hetero) is 1. The fourth-order valence-corrected chi connectivity index (χ4v) is 2.98. The van der Waals surface area contributed by atoms with Gasteiger partial charge in [0.1, 0.15) is 5.75 Å². The Labute approximate surface area is 141 Å². The van der Waals surface area contributed by atoms with Crippen molar-refractivity contribution in [2.45, 2.75) is 0 Å². The molecule has 0 spiro atoms. The number of ketones is 1. The summed E-state index contributed by atoms with van der Waals surface area (Å²) in [6.07, 6.45) is 0. The van der Waals surface area contributed by atoms with Crippen molar-refractivity contribution < 1.29 is 9.53 Å². The van der Waals surface area contributed by atoms with Gasteiger partial charge in [0, 0.05) is 13.6 Å². The normalized spacial score (nSPS) is 10.3. The van der Waals surface area contributed by atoms with Crippen LogP contribution in [0.15, 0.2) is 51.4 Å². The molecule has 0 amide bonds. The molecular weight excluding hydrogens is 487 g/mol. The highest BCUT2D eigenvalue weighted by Crippen LogP contribution is 2.28. The predicted octanol–water partition coefficient (Wildman–Crippen LogP) is 5.08. The Morgan fingerprint density at radius 1 is 1.11 bits per heavy atom. The largest absolute Gasteiger partial charge is 0.484 e. The lowest BCUT2D eigenvalue weighted by Gasteiger charge is -2.08. The summed E-state index contributed by atoms with van der Waals surface area (Å²) in [5, 5.41) is 0. The molecule has 0 aliphatic carbocycles. The molecule has 0 bridgehead atoms. The third kappa shape index (κ3) is 4.29. The van der Waals surface area contributed by atoms with Gasteiger partial charge in [0.2, 0.25) is 0 Å². The smallest absolute Gasteiger partial charge is 0.200 e. The highest BCUT2D eigenvalue weighted by Gasteiger charge is 2.08. The van der Waals surface area contributed by atoms with Crippen LogP contribution in [-0.4, -0.2) is 12.4 Å². The van der Waals surface area contributed by atoms with Crippen LogP contribution < -0.4 is 4.74 Å². The van der Waals surface area contributed by atoms with Crippen LogP contribution >= 0.6 is 54.5 Å². The van der Waals surface area contributed by atoms with E-state index in [0.29, 0.717) is 11.3 Å². The number of rotatable bonds is 4. The van der Waals surface area contributed by atoms with Crippen LogP contribution in [0.1, 0.15) is 10.4 Å². The summed E-state index contributed by atoms with van der Waals surface area (Å²) in [4.78, 5) is 12.0. The van der Waals surface area contributed by atoms with E-state index >= 15 is 0 Å². The molecule has 0 N–H and O–H groups in total. The predicted molar refractivity (Wildman–Crippen MR) is 90.8 cm³/mol. The summed E-state index contributed by atoms with van der Waals surface area (Å²) in [6, 6.07) is 13.0. The van der Waals surface area contributed by atoms with Gasteiger partial charge >= 0.3 is 0 Å². The molecule has 0 heterocycles. The Morgan fingerprint density at radius 2 is 1.79 bits per heavy atom. The molecular formula is C14H9Br2IO2. The molecule has 0 fully saturated rings. The van der Waals surface area contributed by atoms with Gasteiger partial charge in [0.15, 0.2) is 12.4 Å². The standard InChI is InChI=1S/C14H9Br2IO2/c15-10-3-6-14(12(16)7-10)19-8-13(18)9-1-4-11(17)5-2-9/h1-7H,8H2. The van der Waals surface area contributed by atoms with Crippen molar-refractivity contribution in [3.8, 4) is 5.75 Å². The number of halogens is 3. The summed E-state index contributed by atoms with van der Waals surface area (Å²) in [5.74, 6) is 0.619. The van der Waals surface area contributed by atoms with Gasteiger partial charge in [-0.1, -0.05) is 28.1 Å². The van der Waals surface area contributed by atoms with E-state index in [1.807, 2.05) is 42.5 Å². The van der Waals surface area contributed by atoms with E-state index in [1.54, 1.807) is 0 Å². The molecule has 0 saturated heterocycles. The van der Waals surface area contributed by atoms with Crippen molar-refractivity contribution in [1.29, 1.82) is 0 Å². The molecule has 0 unspecified atom stereocenters. The molecule has 2 rings (SSSR count). The van der Waals surface area contributed by atoms with Crippen LogP contribution in [0.2, 0.25) is 0 Å². The van der Waals surface area contributed by atoms with E-state index in [-0.39, 0.29) is 12.4 Å². The number of hydrogen-bond acceptors (Lipinski definition) is 2. The summed E-state index contributed by atoms with van der Waals surface area (Å²) < 4.78 is 8.39. The van der Waals surface area contributed by atoms with Gasteiger partial charge < -0.3 is 4.74 Å². The summed E-state index contributed by atoms with van der Waals surface area (Å²) in [7, 11) is 0. The molecule has 19 heavy (non-hydrogen) atoms. The van der Waals surface area contributed by atoms with Crippen molar-refractivity contribution in [3.63, 3.8) is 0 Å². The van der Waals surface area contributed by atoms with Crippen LogP contribution in [0.25, 0.3) is 0 Å². The fraction of sp³-hybridized carbons (Fsp3) is 0.0714. The average molecular weight is 496 g/mol. The maximum absolute atomic E-state index is 12.0. The van der Waals surface area contributed by atoms with Crippen LogP contribution in [0.3, 0.4) is 0 Å². The Balaban J connectivity index is 2.02. The van der Waals surface area contributed by atoms with Crippen molar-refractivity contribution in [3.05, 3.63) is 60.5 Å². The molecule has 2 nitrogen and oxygen atoms in total. The first-order valence-corrected chi connectivity index (χ1v) is 8.09. The van der Waals surface area contributed by atoms with Gasteiger partial charge in [-0.2, -0.15) is 0 Å². The number of hydrogen-bond donors (Lipinski definition) is 0. The molecule has 0 aliphatic rings. The second kappa shape index (κ2) is 6.85. The molecule has 0 saturated carbocycles. The molecule has 2 aromatic rings. The van der Waals surface area contributed by atoms with E-state index in [9.17, 15) is 4.79 Å². The number of carbonyl (C=O) groups excluding carboxylic acids is 1. The third-order valence-corrected chi connectivity index (χ3v) is 4.25. The first kappa shape index (κ1) is 15.0. The number of benzene rings is 2. The quantitative estimate of drug-likeness (QED) is 0.437. The zero-order chi connectivity index (χ0) is 13.8. The number of ether oxygens (including phenoxy) is 1. The first-order valence-electron chi connectivity index (χ1n) is 5.43. The Kier molecular flexibility index (Phi) is 5.41. The van der Waals surface area contributed by atoms with Gasteiger partial charge in [-0.15, -0.1) is 0 Å². The van der Waals surface area contributed by atoms with Gasteiger partial charge in [-0.3, -0.25) is 4.79 Å². The van der Waals surface area contributed by atoms with Gasteiger partial charge in [0.05, 0.1) is 4.47 Å². The maximum Gasteiger partial charge on any atom is 0.200 e. The van der Waals surface area contributed by atoms with E-state index in [4.69, 9.17) is 4.74 Å². The van der Waals surface area contributed by atoms with Crippen LogP contribution in [-0.2, 0) is 0 Å². The topological polar surface area (TPSA) is 26.3 Å². The second-order valence-corrected chi connectivity index (χ2v) is 6.81. The lowest BCUT2D eigenvalue weighted by atomic mass is 10.1. The summed E-state index contributed by atoms with van der Waals surface area (Å²) >= 11 is 8.97. The molecule has 0 radical (unpaired) electrons. The molecule has 0 atom stereocenters. The Bertz CT molecular complexity index is 597. The van der Waals surface area contributed by atoms with Gasteiger partial charge in [-0.25, -0.2) is 0 Å². The zero-order valence-electron chi connectivity index (χ0n) is 9.70. The minimum Gasteiger partial charge on any atom is -0.484 e. The van der Waals surface area contributed by atoms with Crippen LogP contribution in [0.4, 0.5) is 0 Å². The monoisotopic (exact) mass is 494 g/mol. The minimum atomic E-state index is -0.0359. The van der Waals surface area contributed by atoms with Crippen molar-refractivity contribution in [1.82, 2.24) is 0 Å². The van der Waals surface area contributed by atoms with E-state index in [0.717, 1.165) is 12.5 Å². The third-order valence-electron chi connectivity index (χ3n) is 2.42. The van der Waals surface area contributed by atoms with Gasteiger partial charge in [0.25, 0.3) is 0 Å².